The van der Waals surface area contributed by atoms with E-state index >= 15 is 0 Å². The van der Waals surface area contributed by atoms with E-state index in [1.54, 1.807) is 13.1 Å². The molecule has 1 aromatic heterocycles. The van der Waals surface area contributed by atoms with Crippen molar-refractivity contribution in [2.24, 2.45) is 11.8 Å². The van der Waals surface area contributed by atoms with Gasteiger partial charge in [0.1, 0.15) is 5.82 Å². The first-order chi connectivity index (χ1) is 12.8. The predicted molar refractivity (Wildman–Crippen MR) is 103 cm³/mol. The number of nitrogens with zero attached hydrogens (tertiary/aromatic N) is 5. The molecule has 2 heterocycles. The molecular formula is C18H23FN6O2. The Balaban J connectivity index is 2.08. The highest BCUT2D eigenvalue weighted by Gasteiger charge is 2.30. The molecule has 0 spiro atoms. The standard InChI is InChI=1S/C18H23FN6O2/c1-11-7-12(2)10-24(9-11)18-21-16(20)15(25(26)27)17(22-18)23(3)14-6-4-5-13(19)8-14/h4-6,8,11-12H,7,9-10H2,1-3H3,(H2,20,21,22)/t11-,12-/m1/s1. The maximum absolute atomic E-state index is 13.6. The third-order valence-corrected chi connectivity index (χ3v) is 4.73. The highest BCUT2D eigenvalue weighted by atomic mass is 19.1. The molecule has 2 N–H and O–H groups in total. The van der Waals surface area contributed by atoms with Gasteiger partial charge in [-0.05, 0) is 36.5 Å². The van der Waals surface area contributed by atoms with Crippen molar-refractivity contribution in [3.8, 4) is 0 Å². The van der Waals surface area contributed by atoms with E-state index in [1.165, 1.54) is 23.1 Å². The van der Waals surface area contributed by atoms with Crippen molar-refractivity contribution >= 4 is 29.0 Å². The van der Waals surface area contributed by atoms with Crippen LogP contribution in [0.5, 0.6) is 0 Å². The zero-order valence-electron chi connectivity index (χ0n) is 15.6. The average molecular weight is 374 g/mol. The van der Waals surface area contributed by atoms with Crippen LogP contribution in [-0.2, 0) is 0 Å². The van der Waals surface area contributed by atoms with Crippen LogP contribution in [0, 0.1) is 27.8 Å². The summed E-state index contributed by atoms with van der Waals surface area (Å²) in [5, 5.41) is 11.6. The molecule has 27 heavy (non-hydrogen) atoms. The molecule has 2 aromatic rings. The number of nitro groups is 1. The number of aromatic nitrogens is 2. The smallest absolute Gasteiger partial charge is 0.353 e. The molecule has 0 aliphatic carbocycles. The maximum Gasteiger partial charge on any atom is 0.353 e. The Morgan fingerprint density at radius 2 is 1.96 bits per heavy atom. The fraction of sp³-hybridized carbons (Fsp3) is 0.444. The lowest BCUT2D eigenvalue weighted by Gasteiger charge is -2.35. The molecule has 9 heteroatoms. The Morgan fingerprint density at radius 1 is 1.30 bits per heavy atom. The van der Waals surface area contributed by atoms with Gasteiger partial charge in [-0.3, -0.25) is 10.1 Å². The zero-order chi connectivity index (χ0) is 19.7. The van der Waals surface area contributed by atoms with Crippen LogP contribution in [-0.4, -0.2) is 35.0 Å². The number of hydrogen-bond donors (Lipinski definition) is 1. The molecule has 1 aromatic carbocycles. The molecule has 1 fully saturated rings. The third kappa shape index (κ3) is 3.91. The van der Waals surface area contributed by atoms with E-state index in [0.29, 0.717) is 23.5 Å². The van der Waals surface area contributed by atoms with Gasteiger partial charge in [-0.2, -0.15) is 9.97 Å². The van der Waals surface area contributed by atoms with Crippen molar-refractivity contribution in [3.05, 3.63) is 40.2 Å². The first kappa shape index (κ1) is 18.8. The first-order valence-corrected chi connectivity index (χ1v) is 8.82. The van der Waals surface area contributed by atoms with Gasteiger partial charge in [0.2, 0.25) is 17.6 Å². The Hall–Kier alpha value is -2.97. The SMILES string of the molecule is C[C@@H]1C[C@@H](C)CN(c2nc(N)c([N+](=O)[O-])c(N(C)c3cccc(F)c3)n2)C1. The van der Waals surface area contributed by atoms with Gasteiger partial charge in [0.25, 0.3) is 0 Å². The summed E-state index contributed by atoms with van der Waals surface area (Å²) in [7, 11) is 1.59. The minimum atomic E-state index is -0.605. The number of benzene rings is 1. The van der Waals surface area contributed by atoms with Gasteiger partial charge in [0.05, 0.1) is 4.92 Å². The second-order valence-corrected chi connectivity index (χ2v) is 7.23. The topological polar surface area (TPSA) is 101 Å². The van der Waals surface area contributed by atoms with Crippen LogP contribution in [0.2, 0.25) is 0 Å². The fourth-order valence-corrected chi connectivity index (χ4v) is 3.63. The quantitative estimate of drug-likeness (QED) is 0.647. The number of nitrogens with two attached hydrogens (primary N) is 1. The van der Waals surface area contributed by atoms with Crippen LogP contribution in [0.25, 0.3) is 0 Å². The van der Waals surface area contributed by atoms with Crippen molar-refractivity contribution in [1.82, 2.24) is 9.97 Å². The van der Waals surface area contributed by atoms with Crippen molar-refractivity contribution in [1.29, 1.82) is 0 Å². The summed E-state index contributed by atoms with van der Waals surface area (Å²) in [6.45, 7) is 5.81. The van der Waals surface area contributed by atoms with Gasteiger partial charge in [0.15, 0.2) is 0 Å². The molecule has 0 amide bonds. The molecule has 1 saturated heterocycles. The van der Waals surface area contributed by atoms with Gasteiger partial charge >= 0.3 is 5.69 Å². The number of rotatable bonds is 4. The van der Waals surface area contributed by atoms with Crippen molar-refractivity contribution < 1.29 is 9.31 Å². The highest BCUT2D eigenvalue weighted by molar-refractivity contribution is 5.76. The zero-order valence-corrected chi connectivity index (χ0v) is 15.6. The summed E-state index contributed by atoms with van der Waals surface area (Å²) in [5.74, 6) is 0.669. The summed E-state index contributed by atoms with van der Waals surface area (Å²) in [6.07, 6.45) is 1.11. The summed E-state index contributed by atoms with van der Waals surface area (Å²) in [6, 6.07) is 5.77. The normalized spacial score (nSPS) is 19.8. The highest BCUT2D eigenvalue weighted by Crippen LogP contribution is 2.36. The molecule has 3 rings (SSSR count). The van der Waals surface area contributed by atoms with E-state index in [-0.39, 0.29) is 17.3 Å². The maximum atomic E-state index is 13.6. The molecule has 144 valence electrons. The molecule has 2 atom stereocenters. The first-order valence-electron chi connectivity index (χ1n) is 8.82. The molecule has 0 radical (unpaired) electrons. The van der Waals surface area contributed by atoms with Crippen LogP contribution >= 0.6 is 0 Å². The summed E-state index contributed by atoms with van der Waals surface area (Å²) in [5.41, 5.74) is 5.97. The largest absolute Gasteiger partial charge is 0.378 e. The lowest BCUT2D eigenvalue weighted by atomic mass is 9.92. The Morgan fingerprint density at radius 3 is 2.56 bits per heavy atom. The average Bonchev–Trinajstić information content (AvgIpc) is 2.59. The summed E-state index contributed by atoms with van der Waals surface area (Å²) in [4.78, 5) is 23.1. The minimum Gasteiger partial charge on any atom is -0.378 e. The van der Waals surface area contributed by atoms with Crippen LogP contribution in [0.1, 0.15) is 20.3 Å². The number of hydrogen-bond acceptors (Lipinski definition) is 7. The van der Waals surface area contributed by atoms with E-state index in [4.69, 9.17) is 5.73 Å². The number of nitrogen functional groups attached to an aromatic ring is 1. The molecule has 0 unspecified atom stereocenters. The number of halogens is 1. The summed E-state index contributed by atoms with van der Waals surface area (Å²) < 4.78 is 13.6. The van der Waals surface area contributed by atoms with Gasteiger partial charge in [-0.25, -0.2) is 4.39 Å². The molecule has 0 bridgehead atoms. The fourth-order valence-electron chi connectivity index (χ4n) is 3.63. The molecule has 1 aliphatic heterocycles. The van der Waals surface area contributed by atoms with E-state index in [1.807, 2.05) is 4.90 Å². The number of anilines is 4. The minimum absolute atomic E-state index is 0.0407. The number of piperidine rings is 1. The molecular weight excluding hydrogens is 351 g/mol. The van der Waals surface area contributed by atoms with Gasteiger partial charge in [-0.15, -0.1) is 0 Å². The lowest BCUT2D eigenvalue weighted by Crippen LogP contribution is -2.40. The Labute approximate surface area is 157 Å². The van der Waals surface area contributed by atoms with Gasteiger partial charge in [0, 0.05) is 25.8 Å². The predicted octanol–water partition coefficient (Wildman–Crippen LogP) is 3.36. The lowest BCUT2D eigenvalue weighted by molar-refractivity contribution is -0.383. The molecule has 8 nitrogen and oxygen atoms in total. The van der Waals surface area contributed by atoms with Crippen LogP contribution in [0.15, 0.2) is 24.3 Å². The van der Waals surface area contributed by atoms with Crippen LogP contribution in [0.4, 0.5) is 33.3 Å². The van der Waals surface area contributed by atoms with Crippen molar-refractivity contribution in [2.75, 3.05) is 35.7 Å². The monoisotopic (exact) mass is 374 g/mol. The van der Waals surface area contributed by atoms with Crippen molar-refractivity contribution in [2.45, 2.75) is 20.3 Å². The third-order valence-electron chi connectivity index (χ3n) is 4.73. The van der Waals surface area contributed by atoms with Gasteiger partial charge in [-0.1, -0.05) is 19.9 Å². The van der Waals surface area contributed by atoms with E-state index in [2.05, 4.69) is 23.8 Å². The Bertz CT molecular complexity index is 852. The van der Waals surface area contributed by atoms with Crippen LogP contribution < -0.4 is 15.5 Å². The molecule has 0 saturated carbocycles. The Kier molecular flexibility index (Phi) is 5.11. The van der Waals surface area contributed by atoms with E-state index < -0.39 is 10.7 Å². The van der Waals surface area contributed by atoms with E-state index in [9.17, 15) is 14.5 Å². The van der Waals surface area contributed by atoms with Crippen molar-refractivity contribution in [3.63, 3.8) is 0 Å². The summed E-state index contributed by atoms with van der Waals surface area (Å²) >= 11 is 0. The van der Waals surface area contributed by atoms with Crippen LogP contribution in [0.3, 0.4) is 0 Å². The second-order valence-electron chi connectivity index (χ2n) is 7.23. The van der Waals surface area contributed by atoms with E-state index in [0.717, 1.165) is 19.5 Å². The van der Waals surface area contributed by atoms with Gasteiger partial charge < -0.3 is 15.5 Å². The second kappa shape index (κ2) is 7.34. The molecule has 1 aliphatic rings.